The maximum atomic E-state index is 12.9. The number of phosphoric acid groups is 1. The number of quaternary nitrogens is 1. The van der Waals surface area contributed by atoms with Gasteiger partial charge in [-0.15, -0.1) is 0 Å². The van der Waals surface area contributed by atoms with E-state index in [4.69, 9.17) is 9.05 Å². The van der Waals surface area contributed by atoms with Crippen molar-refractivity contribution in [3.63, 3.8) is 0 Å². The van der Waals surface area contributed by atoms with Crippen LogP contribution < -0.4 is 10.2 Å². The zero-order valence-electron chi connectivity index (χ0n) is 40.4. The van der Waals surface area contributed by atoms with Gasteiger partial charge in [0.15, 0.2) is 0 Å². The lowest BCUT2D eigenvalue weighted by Crippen LogP contribution is -2.45. The molecule has 0 heterocycles. The highest BCUT2D eigenvalue weighted by atomic mass is 31.2. The molecule has 0 aliphatic carbocycles. The van der Waals surface area contributed by atoms with Gasteiger partial charge in [0.1, 0.15) is 13.2 Å². The molecule has 0 bridgehead atoms. The summed E-state index contributed by atoms with van der Waals surface area (Å²) in [5.74, 6) is -0.217. The van der Waals surface area contributed by atoms with Crippen molar-refractivity contribution in [1.82, 2.24) is 5.32 Å². The maximum absolute atomic E-state index is 12.9. The second-order valence-electron chi connectivity index (χ2n) is 18.1. The predicted octanol–water partition coefficient (Wildman–Crippen LogP) is 14.0. The molecule has 0 aliphatic heterocycles. The van der Waals surface area contributed by atoms with E-state index in [0.717, 1.165) is 51.4 Å². The van der Waals surface area contributed by atoms with Crippen LogP contribution in [0, 0.1) is 0 Å². The van der Waals surface area contributed by atoms with Crippen molar-refractivity contribution in [3.8, 4) is 0 Å². The van der Waals surface area contributed by atoms with E-state index in [1.54, 1.807) is 6.08 Å². The van der Waals surface area contributed by atoms with Gasteiger partial charge < -0.3 is 28.8 Å². The lowest BCUT2D eigenvalue weighted by Gasteiger charge is -2.29. The number of allylic oxidation sites excluding steroid dienone is 9. The quantitative estimate of drug-likeness (QED) is 0.0273. The van der Waals surface area contributed by atoms with Crippen molar-refractivity contribution >= 4 is 13.7 Å². The van der Waals surface area contributed by atoms with Gasteiger partial charge >= 0.3 is 0 Å². The monoisotopic (exact) mass is 877 g/mol. The Bertz CT molecular complexity index is 1180. The molecule has 0 aliphatic rings. The van der Waals surface area contributed by atoms with Gasteiger partial charge in [-0.3, -0.25) is 9.36 Å². The molecule has 0 aromatic carbocycles. The zero-order valence-corrected chi connectivity index (χ0v) is 41.2. The number of aliphatic hydroxyl groups is 1. The number of likely N-dealkylation sites (N-methyl/N-ethyl adjacent to an activating group) is 1. The lowest BCUT2D eigenvalue weighted by molar-refractivity contribution is -0.870. The van der Waals surface area contributed by atoms with E-state index in [-0.39, 0.29) is 12.5 Å². The van der Waals surface area contributed by atoms with Gasteiger partial charge in [0.05, 0.1) is 39.9 Å². The van der Waals surface area contributed by atoms with Gasteiger partial charge in [-0.05, 0) is 77.0 Å². The van der Waals surface area contributed by atoms with Crippen LogP contribution >= 0.6 is 7.82 Å². The lowest BCUT2D eigenvalue weighted by atomic mass is 10.1. The third kappa shape index (κ3) is 46.0. The second-order valence-corrected chi connectivity index (χ2v) is 19.6. The van der Waals surface area contributed by atoms with Crippen LogP contribution in [-0.2, 0) is 18.4 Å². The molecule has 0 aromatic heterocycles. The Balaban J connectivity index is 4.42. The molecule has 356 valence electrons. The Kier molecular flexibility index (Phi) is 42.2. The molecule has 8 nitrogen and oxygen atoms in total. The van der Waals surface area contributed by atoms with Crippen molar-refractivity contribution in [2.45, 2.75) is 225 Å². The fourth-order valence-electron chi connectivity index (χ4n) is 6.92. The Labute approximate surface area is 377 Å². The largest absolute Gasteiger partial charge is 0.756 e. The van der Waals surface area contributed by atoms with Crippen molar-refractivity contribution in [2.24, 2.45) is 0 Å². The van der Waals surface area contributed by atoms with Crippen LogP contribution in [0.25, 0.3) is 0 Å². The topological polar surface area (TPSA) is 108 Å². The van der Waals surface area contributed by atoms with E-state index in [1.807, 2.05) is 27.2 Å². The van der Waals surface area contributed by atoms with Crippen molar-refractivity contribution in [3.05, 3.63) is 60.8 Å². The fourth-order valence-corrected chi connectivity index (χ4v) is 7.64. The molecule has 0 aromatic rings. The van der Waals surface area contributed by atoms with E-state index >= 15 is 0 Å². The summed E-state index contributed by atoms with van der Waals surface area (Å²) in [5.41, 5.74) is 0. The van der Waals surface area contributed by atoms with Crippen LogP contribution in [0.15, 0.2) is 60.8 Å². The molecule has 0 saturated carbocycles. The highest BCUT2D eigenvalue weighted by Gasteiger charge is 2.23. The first-order valence-corrected chi connectivity index (χ1v) is 26.6. The van der Waals surface area contributed by atoms with Gasteiger partial charge in [0.2, 0.25) is 5.91 Å². The number of hydrogen-bond acceptors (Lipinski definition) is 6. The number of carbonyl (C=O) groups is 1. The number of carbonyl (C=O) groups excluding carboxylic acids is 1. The summed E-state index contributed by atoms with van der Waals surface area (Å²) in [7, 11) is 1.23. The highest BCUT2D eigenvalue weighted by molar-refractivity contribution is 7.45. The standard InChI is InChI=1S/C52H97N2O6P/c1-6-8-10-12-14-16-18-20-22-24-26-28-29-31-33-35-37-39-41-43-45-51(55)50(49-60-61(57,58)59-48-47-54(3,4)5)53-52(56)46-44-42-40-38-36-34-32-30-27-25-23-21-19-17-15-13-11-9-7-2/h15,17,21,23,28-29,35,37,43,45,50-51,55H,6-14,16,18-20,22,24-27,30-34,36,38-42,44,46-49H2,1-5H3,(H-,53,56,57,58)/b17-15-,23-21-,29-28+,37-35+,45-43+. The molecule has 0 rings (SSSR count). The summed E-state index contributed by atoms with van der Waals surface area (Å²) in [6.45, 7) is 4.59. The minimum absolute atomic E-state index is 0.0118. The van der Waals surface area contributed by atoms with Crippen LogP contribution in [0.1, 0.15) is 213 Å². The van der Waals surface area contributed by atoms with E-state index in [9.17, 15) is 19.4 Å². The molecule has 0 spiro atoms. The number of nitrogens with zero attached hydrogens (tertiary/aromatic N) is 1. The molecule has 0 fully saturated rings. The highest BCUT2D eigenvalue weighted by Crippen LogP contribution is 2.38. The summed E-state index contributed by atoms with van der Waals surface area (Å²) < 4.78 is 23.2. The summed E-state index contributed by atoms with van der Waals surface area (Å²) in [6, 6.07) is -0.914. The Morgan fingerprint density at radius 2 is 0.967 bits per heavy atom. The van der Waals surface area contributed by atoms with Crippen molar-refractivity contribution in [1.29, 1.82) is 0 Å². The third-order valence-electron chi connectivity index (χ3n) is 10.9. The number of phosphoric ester groups is 1. The smallest absolute Gasteiger partial charge is 0.268 e. The van der Waals surface area contributed by atoms with Crippen LogP contribution in [-0.4, -0.2) is 68.5 Å². The fraction of sp³-hybridized carbons (Fsp3) is 0.788. The molecule has 1 amide bonds. The third-order valence-corrected chi connectivity index (χ3v) is 11.9. The van der Waals surface area contributed by atoms with Crippen LogP contribution in [0.3, 0.4) is 0 Å². The van der Waals surface area contributed by atoms with Crippen LogP contribution in [0.2, 0.25) is 0 Å². The Hall–Kier alpha value is -1.80. The van der Waals surface area contributed by atoms with Crippen molar-refractivity contribution < 1.29 is 32.9 Å². The zero-order chi connectivity index (χ0) is 45.0. The van der Waals surface area contributed by atoms with Gasteiger partial charge in [-0.25, -0.2) is 0 Å². The number of nitrogens with one attached hydrogen (secondary N) is 1. The number of aliphatic hydroxyl groups excluding tert-OH is 1. The Morgan fingerprint density at radius 1 is 0.574 bits per heavy atom. The minimum atomic E-state index is -4.61. The van der Waals surface area contributed by atoms with E-state index in [1.165, 1.54) is 141 Å². The van der Waals surface area contributed by atoms with Gasteiger partial charge in [-0.1, -0.05) is 190 Å². The van der Waals surface area contributed by atoms with Gasteiger partial charge in [0.25, 0.3) is 7.82 Å². The molecule has 61 heavy (non-hydrogen) atoms. The van der Waals surface area contributed by atoms with E-state index in [0.29, 0.717) is 17.4 Å². The molecule has 9 heteroatoms. The van der Waals surface area contributed by atoms with Gasteiger partial charge in [0, 0.05) is 6.42 Å². The second kappa shape index (κ2) is 43.5. The van der Waals surface area contributed by atoms with E-state index in [2.05, 4.69) is 67.8 Å². The van der Waals surface area contributed by atoms with Crippen LogP contribution in [0.5, 0.6) is 0 Å². The van der Waals surface area contributed by atoms with E-state index < -0.39 is 26.6 Å². The summed E-state index contributed by atoms with van der Waals surface area (Å²) in [6.07, 6.45) is 57.0. The average Bonchev–Trinajstić information content (AvgIpc) is 3.21. The normalized spacial score (nSPS) is 14.7. The minimum Gasteiger partial charge on any atom is -0.756 e. The first-order valence-electron chi connectivity index (χ1n) is 25.2. The van der Waals surface area contributed by atoms with Crippen molar-refractivity contribution in [2.75, 3.05) is 40.9 Å². The Morgan fingerprint density at radius 3 is 1.46 bits per heavy atom. The number of rotatable bonds is 45. The molecule has 0 radical (unpaired) electrons. The molecule has 3 unspecified atom stereocenters. The maximum Gasteiger partial charge on any atom is 0.268 e. The molecule has 3 atom stereocenters. The molecular formula is C52H97N2O6P. The molecule has 2 N–H and O–H groups in total. The van der Waals surface area contributed by atoms with Crippen LogP contribution in [0.4, 0.5) is 0 Å². The average molecular weight is 877 g/mol. The number of unbranched alkanes of at least 4 members (excludes halogenated alkanes) is 24. The SMILES string of the molecule is CCCCC/C=C\C/C=C\CCCCCCCCCCCC(=O)NC(COP(=O)([O-])OCC[N+](C)(C)C)C(O)/C=C/CC/C=C/CC/C=C/CCCCCCCCCCCC. The number of hydrogen-bond donors (Lipinski definition) is 2. The summed E-state index contributed by atoms with van der Waals surface area (Å²) >= 11 is 0. The number of amides is 1. The molecule has 0 saturated heterocycles. The summed E-state index contributed by atoms with van der Waals surface area (Å²) in [4.78, 5) is 25.4. The van der Waals surface area contributed by atoms with Gasteiger partial charge in [-0.2, -0.15) is 0 Å². The first kappa shape index (κ1) is 59.2. The predicted molar refractivity (Wildman–Crippen MR) is 261 cm³/mol. The summed E-state index contributed by atoms with van der Waals surface area (Å²) in [5, 5.41) is 13.8. The first-order chi connectivity index (χ1) is 29.5. The molecular weight excluding hydrogens is 780 g/mol.